The highest BCUT2D eigenvalue weighted by Gasteiger charge is 2.44. The number of hydrogen-bond acceptors (Lipinski definition) is 5. The molecule has 0 bridgehead atoms. The van der Waals surface area contributed by atoms with Gasteiger partial charge in [0.05, 0.1) is 17.8 Å². The molecule has 0 aliphatic heterocycles. The molecule has 3 aromatic carbocycles. The van der Waals surface area contributed by atoms with Gasteiger partial charge in [-0.15, -0.1) is 0 Å². The third kappa shape index (κ3) is 4.11. The van der Waals surface area contributed by atoms with E-state index in [1.54, 1.807) is 42.9 Å². The van der Waals surface area contributed by atoms with Crippen LogP contribution in [0.15, 0.2) is 120 Å². The lowest BCUT2D eigenvalue weighted by Gasteiger charge is -2.20. The minimum atomic E-state index is -1.03. The van der Waals surface area contributed by atoms with Crippen LogP contribution in [0.5, 0.6) is 0 Å². The van der Waals surface area contributed by atoms with Crippen molar-refractivity contribution >= 4 is 23.5 Å². The van der Waals surface area contributed by atoms with Crippen LogP contribution in [0.2, 0.25) is 0 Å². The number of benzene rings is 3. The smallest absolute Gasteiger partial charge is 0.180 e. The van der Waals surface area contributed by atoms with E-state index in [-0.39, 0.29) is 11.6 Å². The molecule has 1 aliphatic carbocycles. The lowest BCUT2D eigenvalue weighted by molar-refractivity contribution is -0.120. The van der Waals surface area contributed by atoms with Crippen molar-refractivity contribution in [3.8, 4) is 0 Å². The quantitative estimate of drug-likeness (QED) is 0.236. The summed E-state index contributed by atoms with van der Waals surface area (Å²) in [5.41, 5.74) is 4.03. The summed E-state index contributed by atoms with van der Waals surface area (Å²) in [5.74, 6) is -2.08. The molecule has 0 spiro atoms. The van der Waals surface area contributed by atoms with Gasteiger partial charge < -0.3 is 0 Å². The van der Waals surface area contributed by atoms with Crippen molar-refractivity contribution in [2.75, 3.05) is 0 Å². The van der Waals surface area contributed by atoms with Crippen LogP contribution in [0.1, 0.15) is 38.5 Å². The van der Waals surface area contributed by atoms with Crippen molar-refractivity contribution < 1.29 is 9.59 Å². The summed E-state index contributed by atoms with van der Waals surface area (Å²) < 4.78 is 0. The van der Waals surface area contributed by atoms with Crippen LogP contribution in [0.3, 0.4) is 0 Å². The Bertz CT molecular complexity index is 1340. The molecule has 5 heteroatoms. The average molecular weight is 444 g/mol. The van der Waals surface area contributed by atoms with Gasteiger partial charge in [-0.05, 0) is 28.8 Å². The number of carbonyl (C=O) groups is 2. The molecule has 0 saturated heterocycles. The van der Waals surface area contributed by atoms with Gasteiger partial charge in [0.2, 0.25) is 0 Å². The first kappa shape index (κ1) is 21.3. The number of Topliss-reactive ketones (excluding diaryl/α,β-unsaturated/α-hetero) is 2. The predicted molar refractivity (Wildman–Crippen MR) is 132 cm³/mol. The van der Waals surface area contributed by atoms with E-state index >= 15 is 0 Å². The Balaban J connectivity index is 1.59. The lowest BCUT2D eigenvalue weighted by atomic mass is 9.80. The number of hydrogen-bond donors (Lipinski definition) is 0. The van der Waals surface area contributed by atoms with Crippen molar-refractivity contribution in [2.24, 2.45) is 16.1 Å². The van der Waals surface area contributed by atoms with Crippen molar-refractivity contribution in [3.05, 3.63) is 137 Å². The molecule has 0 amide bonds. The second kappa shape index (κ2) is 9.55. The van der Waals surface area contributed by atoms with Gasteiger partial charge >= 0.3 is 0 Å². The zero-order valence-electron chi connectivity index (χ0n) is 18.3. The molecule has 1 aromatic heterocycles. The van der Waals surface area contributed by atoms with Gasteiger partial charge in [0.1, 0.15) is 5.92 Å². The molecule has 1 aliphatic rings. The van der Waals surface area contributed by atoms with E-state index in [4.69, 9.17) is 0 Å². The van der Waals surface area contributed by atoms with Gasteiger partial charge in [-0.25, -0.2) is 0 Å². The Morgan fingerprint density at radius 2 is 1.32 bits per heavy atom. The monoisotopic (exact) mass is 443 g/mol. The van der Waals surface area contributed by atoms with E-state index in [0.717, 1.165) is 16.7 Å². The molecule has 0 saturated carbocycles. The van der Waals surface area contributed by atoms with E-state index < -0.39 is 11.8 Å². The average Bonchev–Trinajstić information content (AvgIpc) is 3.18. The SMILES string of the molecule is O=C1c2ccccc2C(=N/N=C/c2ccncc2)C1C(=O)C(c1ccccc1)c1ccccc1. The van der Waals surface area contributed by atoms with Gasteiger partial charge in [-0.2, -0.15) is 10.2 Å². The summed E-state index contributed by atoms with van der Waals surface area (Å²) in [6.07, 6.45) is 4.92. The molecule has 0 N–H and O–H groups in total. The molecule has 1 atom stereocenters. The van der Waals surface area contributed by atoms with Gasteiger partial charge in [0.25, 0.3) is 0 Å². The highest BCUT2D eigenvalue weighted by molar-refractivity contribution is 6.38. The third-order valence-electron chi connectivity index (χ3n) is 5.92. The van der Waals surface area contributed by atoms with Crippen LogP contribution >= 0.6 is 0 Å². The fraction of sp³-hybridized carbons (Fsp3) is 0.0690. The maximum atomic E-state index is 14.1. The Labute approximate surface area is 197 Å². The van der Waals surface area contributed by atoms with Crippen LogP contribution in [-0.4, -0.2) is 28.5 Å². The first-order valence-electron chi connectivity index (χ1n) is 11.0. The van der Waals surface area contributed by atoms with Crippen LogP contribution in [0.25, 0.3) is 0 Å². The summed E-state index contributed by atoms with van der Waals surface area (Å²) in [4.78, 5) is 31.6. The van der Waals surface area contributed by atoms with Crippen LogP contribution in [0, 0.1) is 5.92 Å². The zero-order chi connectivity index (χ0) is 23.3. The Morgan fingerprint density at radius 1 is 0.765 bits per heavy atom. The van der Waals surface area contributed by atoms with Crippen LogP contribution in [-0.2, 0) is 4.79 Å². The van der Waals surface area contributed by atoms with Crippen molar-refractivity contribution in [1.82, 2.24) is 4.98 Å². The molecule has 34 heavy (non-hydrogen) atoms. The number of nitrogens with zero attached hydrogens (tertiary/aromatic N) is 3. The number of pyridine rings is 1. The molecule has 5 rings (SSSR count). The van der Waals surface area contributed by atoms with Gasteiger partial charge in [-0.3, -0.25) is 14.6 Å². The minimum absolute atomic E-state index is 0.212. The first-order chi connectivity index (χ1) is 16.7. The number of fused-ring (bicyclic) bond motifs is 1. The molecule has 0 radical (unpaired) electrons. The van der Waals surface area contributed by atoms with Crippen molar-refractivity contribution in [3.63, 3.8) is 0 Å². The molecular weight excluding hydrogens is 422 g/mol. The first-order valence-corrected chi connectivity index (χ1v) is 11.0. The van der Waals surface area contributed by atoms with E-state index in [9.17, 15) is 9.59 Å². The fourth-order valence-electron chi connectivity index (χ4n) is 4.32. The molecule has 164 valence electrons. The highest BCUT2D eigenvalue weighted by Crippen LogP contribution is 2.35. The van der Waals surface area contributed by atoms with Crippen LogP contribution < -0.4 is 0 Å². The van der Waals surface area contributed by atoms with E-state index in [1.807, 2.05) is 72.8 Å². The molecule has 1 heterocycles. The summed E-state index contributed by atoms with van der Waals surface area (Å²) >= 11 is 0. The summed E-state index contributed by atoms with van der Waals surface area (Å²) in [6.45, 7) is 0. The Hall–Kier alpha value is -4.51. The fourth-order valence-corrected chi connectivity index (χ4v) is 4.32. The van der Waals surface area contributed by atoms with E-state index in [2.05, 4.69) is 15.2 Å². The van der Waals surface area contributed by atoms with Crippen molar-refractivity contribution in [2.45, 2.75) is 5.92 Å². The summed E-state index contributed by atoms with van der Waals surface area (Å²) in [5, 5.41) is 8.63. The van der Waals surface area contributed by atoms with Gasteiger partial charge in [0, 0.05) is 23.5 Å². The number of rotatable bonds is 6. The summed E-state index contributed by atoms with van der Waals surface area (Å²) in [7, 11) is 0. The zero-order valence-corrected chi connectivity index (χ0v) is 18.3. The largest absolute Gasteiger partial charge is 0.297 e. The highest BCUT2D eigenvalue weighted by atomic mass is 16.2. The Morgan fingerprint density at radius 3 is 1.94 bits per heavy atom. The standard InChI is InChI=1S/C29H21N3O2/c33-28-24-14-8-7-13-23(24)27(32-31-19-20-15-17-30-18-16-20)26(28)29(34)25(21-9-3-1-4-10-21)22-11-5-2-6-12-22/h1-19,25-26H/b31-19+,32-27?. The van der Waals surface area contributed by atoms with Gasteiger partial charge in [-0.1, -0.05) is 84.9 Å². The summed E-state index contributed by atoms with van der Waals surface area (Å²) in [6, 6.07) is 29.9. The third-order valence-corrected chi connectivity index (χ3v) is 5.92. The van der Waals surface area contributed by atoms with E-state index in [1.165, 1.54) is 0 Å². The molecular formula is C29H21N3O2. The normalized spacial score (nSPS) is 16.3. The molecule has 0 fully saturated rings. The molecule has 4 aromatic rings. The number of carbonyl (C=O) groups excluding carboxylic acids is 2. The lowest BCUT2D eigenvalue weighted by Crippen LogP contribution is -2.31. The Kier molecular flexibility index (Phi) is 5.99. The maximum Gasteiger partial charge on any atom is 0.180 e. The maximum absolute atomic E-state index is 14.1. The predicted octanol–water partition coefficient (Wildman–Crippen LogP) is 5.12. The number of aromatic nitrogens is 1. The number of ketones is 2. The second-order valence-electron chi connectivity index (χ2n) is 8.01. The van der Waals surface area contributed by atoms with E-state index in [0.29, 0.717) is 16.8 Å². The molecule has 1 unspecified atom stereocenters. The topological polar surface area (TPSA) is 71.8 Å². The second-order valence-corrected chi connectivity index (χ2v) is 8.01. The van der Waals surface area contributed by atoms with Crippen molar-refractivity contribution in [1.29, 1.82) is 0 Å². The van der Waals surface area contributed by atoms with Gasteiger partial charge in [0.15, 0.2) is 11.6 Å². The van der Waals surface area contributed by atoms with Crippen LogP contribution in [0.4, 0.5) is 0 Å². The molecule has 5 nitrogen and oxygen atoms in total. The minimum Gasteiger partial charge on any atom is -0.297 e.